The maximum Gasteiger partial charge on any atom is 0.294 e. The lowest BCUT2D eigenvalue weighted by Crippen LogP contribution is -2.38. The molecule has 1 aromatic carbocycles. The maximum atomic E-state index is 10.7. The predicted molar refractivity (Wildman–Crippen MR) is 81.1 cm³/mol. The first kappa shape index (κ1) is 15.5. The number of nitro groups is 1. The minimum Gasteiger partial charge on any atom is -0.463 e. The summed E-state index contributed by atoms with van der Waals surface area (Å²) in [5.74, 6) is 0. The molecule has 0 bridgehead atoms. The first-order chi connectivity index (χ1) is 9.72. The number of H-pyrrole nitrogens is 1. The molecule has 3 rings (SSSR count). The Kier molecular flexibility index (Phi) is 4.98. The molecule has 2 N–H and O–H groups in total. The molecular formula is C13H17ClN4O3. The highest BCUT2D eigenvalue weighted by Gasteiger charge is 2.15. The molecule has 0 aliphatic carbocycles. The van der Waals surface area contributed by atoms with E-state index in [1.54, 1.807) is 6.07 Å². The van der Waals surface area contributed by atoms with Crippen LogP contribution in [0.15, 0.2) is 18.2 Å². The van der Waals surface area contributed by atoms with Gasteiger partial charge < -0.3 is 15.0 Å². The first-order valence-electron chi connectivity index (χ1n) is 6.73. The fraction of sp³-hybridized carbons (Fsp3) is 0.462. The molecule has 0 spiro atoms. The SMILES string of the molecule is Cl.O=[N+]([O-])c1ccc2nc(OCC3CCCCN3)[nH]c2c1. The summed E-state index contributed by atoms with van der Waals surface area (Å²) >= 11 is 0. The number of imidazole rings is 1. The van der Waals surface area contributed by atoms with Crippen molar-refractivity contribution in [3.63, 3.8) is 0 Å². The highest BCUT2D eigenvalue weighted by molar-refractivity contribution is 5.85. The average Bonchev–Trinajstić information content (AvgIpc) is 2.88. The van der Waals surface area contributed by atoms with Gasteiger partial charge in [0.15, 0.2) is 0 Å². The lowest BCUT2D eigenvalue weighted by Gasteiger charge is -2.22. The van der Waals surface area contributed by atoms with Gasteiger partial charge in [0.2, 0.25) is 0 Å². The molecule has 114 valence electrons. The third-order valence-corrected chi connectivity index (χ3v) is 3.49. The van der Waals surface area contributed by atoms with E-state index in [2.05, 4.69) is 15.3 Å². The zero-order valence-electron chi connectivity index (χ0n) is 11.4. The smallest absolute Gasteiger partial charge is 0.294 e. The number of aromatic amines is 1. The summed E-state index contributed by atoms with van der Waals surface area (Å²) < 4.78 is 5.63. The van der Waals surface area contributed by atoms with Gasteiger partial charge in [0.25, 0.3) is 11.7 Å². The number of nitro benzene ring substituents is 1. The molecule has 1 saturated heterocycles. The number of halogens is 1. The zero-order valence-corrected chi connectivity index (χ0v) is 12.2. The van der Waals surface area contributed by atoms with E-state index in [-0.39, 0.29) is 18.1 Å². The highest BCUT2D eigenvalue weighted by Crippen LogP contribution is 2.21. The number of rotatable bonds is 4. The summed E-state index contributed by atoms with van der Waals surface area (Å²) in [7, 11) is 0. The second-order valence-electron chi connectivity index (χ2n) is 4.96. The third-order valence-electron chi connectivity index (χ3n) is 3.49. The van der Waals surface area contributed by atoms with Crippen LogP contribution in [0.3, 0.4) is 0 Å². The number of benzene rings is 1. The van der Waals surface area contributed by atoms with Crippen molar-refractivity contribution in [1.82, 2.24) is 15.3 Å². The Labute approximate surface area is 127 Å². The van der Waals surface area contributed by atoms with Gasteiger partial charge in [-0.15, -0.1) is 12.4 Å². The van der Waals surface area contributed by atoms with Crippen molar-refractivity contribution in [2.45, 2.75) is 25.3 Å². The molecule has 1 atom stereocenters. The molecule has 8 heteroatoms. The van der Waals surface area contributed by atoms with E-state index in [9.17, 15) is 10.1 Å². The molecule has 0 radical (unpaired) electrons. The van der Waals surface area contributed by atoms with E-state index < -0.39 is 4.92 Å². The van der Waals surface area contributed by atoms with Crippen molar-refractivity contribution in [1.29, 1.82) is 0 Å². The molecule has 1 aromatic heterocycles. The third kappa shape index (κ3) is 3.62. The molecular weight excluding hydrogens is 296 g/mol. The Hall–Kier alpha value is -1.86. The molecule has 1 fully saturated rings. The van der Waals surface area contributed by atoms with Crippen LogP contribution in [0.4, 0.5) is 5.69 Å². The molecule has 1 aliphatic rings. The van der Waals surface area contributed by atoms with Gasteiger partial charge in [0.1, 0.15) is 6.61 Å². The van der Waals surface area contributed by atoms with Gasteiger partial charge in [-0.25, -0.2) is 0 Å². The molecule has 2 heterocycles. The van der Waals surface area contributed by atoms with E-state index in [4.69, 9.17) is 4.74 Å². The van der Waals surface area contributed by atoms with Crippen LogP contribution in [-0.2, 0) is 0 Å². The van der Waals surface area contributed by atoms with Crippen LogP contribution in [0.2, 0.25) is 0 Å². The van der Waals surface area contributed by atoms with Crippen molar-refractivity contribution in [3.05, 3.63) is 28.3 Å². The van der Waals surface area contributed by atoms with Crippen molar-refractivity contribution in [2.24, 2.45) is 0 Å². The van der Waals surface area contributed by atoms with Crippen LogP contribution in [0.25, 0.3) is 11.0 Å². The number of hydrogen-bond acceptors (Lipinski definition) is 5. The summed E-state index contributed by atoms with van der Waals surface area (Å²) in [4.78, 5) is 17.5. The fourth-order valence-electron chi connectivity index (χ4n) is 2.40. The van der Waals surface area contributed by atoms with E-state index in [0.29, 0.717) is 29.7 Å². The number of aromatic nitrogens is 2. The summed E-state index contributed by atoms with van der Waals surface area (Å²) in [6.07, 6.45) is 3.53. The molecule has 1 unspecified atom stereocenters. The van der Waals surface area contributed by atoms with Gasteiger partial charge in [-0.2, -0.15) is 4.98 Å². The van der Waals surface area contributed by atoms with E-state index in [1.807, 2.05) is 0 Å². The molecule has 1 aliphatic heterocycles. The lowest BCUT2D eigenvalue weighted by atomic mass is 10.1. The largest absolute Gasteiger partial charge is 0.463 e. The van der Waals surface area contributed by atoms with Gasteiger partial charge in [-0.3, -0.25) is 10.1 Å². The number of ether oxygens (including phenoxy) is 1. The fourth-order valence-corrected chi connectivity index (χ4v) is 2.40. The van der Waals surface area contributed by atoms with Crippen LogP contribution in [-0.4, -0.2) is 34.1 Å². The lowest BCUT2D eigenvalue weighted by molar-refractivity contribution is -0.384. The van der Waals surface area contributed by atoms with Crippen molar-refractivity contribution >= 4 is 29.1 Å². The zero-order chi connectivity index (χ0) is 13.9. The second kappa shape index (κ2) is 6.73. The number of hydrogen-bond donors (Lipinski definition) is 2. The average molecular weight is 313 g/mol. The van der Waals surface area contributed by atoms with Crippen molar-refractivity contribution < 1.29 is 9.66 Å². The summed E-state index contributed by atoms with van der Waals surface area (Å²) in [6.45, 7) is 1.59. The number of piperidine rings is 1. The Bertz CT molecular complexity index is 625. The first-order valence-corrected chi connectivity index (χ1v) is 6.73. The van der Waals surface area contributed by atoms with Crippen molar-refractivity contribution in [3.8, 4) is 6.01 Å². The van der Waals surface area contributed by atoms with Crippen LogP contribution in [0.5, 0.6) is 6.01 Å². The predicted octanol–water partition coefficient (Wildman–Crippen LogP) is 2.41. The number of fused-ring (bicyclic) bond motifs is 1. The van der Waals surface area contributed by atoms with E-state index in [1.165, 1.54) is 25.0 Å². The van der Waals surface area contributed by atoms with Gasteiger partial charge in [-0.05, 0) is 25.5 Å². The van der Waals surface area contributed by atoms with Gasteiger partial charge in [0.05, 0.1) is 16.0 Å². The Morgan fingerprint density at radius 1 is 1.43 bits per heavy atom. The van der Waals surface area contributed by atoms with Crippen LogP contribution in [0.1, 0.15) is 19.3 Å². The van der Waals surface area contributed by atoms with Gasteiger partial charge >= 0.3 is 0 Å². The monoisotopic (exact) mass is 312 g/mol. The van der Waals surface area contributed by atoms with Crippen LogP contribution < -0.4 is 10.1 Å². The molecule has 0 amide bonds. The Balaban J connectivity index is 0.00000161. The molecule has 21 heavy (non-hydrogen) atoms. The quantitative estimate of drug-likeness (QED) is 0.668. The van der Waals surface area contributed by atoms with Crippen molar-refractivity contribution in [2.75, 3.05) is 13.2 Å². The van der Waals surface area contributed by atoms with Gasteiger partial charge in [0, 0.05) is 18.2 Å². The minimum absolute atomic E-state index is 0. The molecule has 2 aromatic rings. The molecule has 0 saturated carbocycles. The summed E-state index contributed by atoms with van der Waals surface area (Å²) in [6, 6.07) is 5.29. The summed E-state index contributed by atoms with van der Waals surface area (Å²) in [5.41, 5.74) is 1.33. The van der Waals surface area contributed by atoms with E-state index in [0.717, 1.165) is 13.0 Å². The second-order valence-corrected chi connectivity index (χ2v) is 4.96. The molecule has 7 nitrogen and oxygen atoms in total. The Morgan fingerprint density at radius 2 is 2.29 bits per heavy atom. The van der Waals surface area contributed by atoms with Crippen LogP contribution >= 0.6 is 12.4 Å². The van der Waals surface area contributed by atoms with E-state index >= 15 is 0 Å². The Morgan fingerprint density at radius 3 is 3.00 bits per heavy atom. The van der Waals surface area contributed by atoms with Crippen LogP contribution in [0, 0.1) is 10.1 Å². The topological polar surface area (TPSA) is 93.1 Å². The van der Waals surface area contributed by atoms with Gasteiger partial charge in [-0.1, -0.05) is 6.42 Å². The number of non-ortho nitro benzene ring substituents is 1. The highest BCUT2D eigenvalue weighted by atomic mass is 35.5. The standard InChI is InChI=1S/C13H16N4O3.ClH/c18-17(19)10-4-5-11-12(7-10)16-13(15-11)20-8-9-3-1-2-6-14-9;/h4-5,7,9,14H,1-3,6,8H2,(H,15,16);1H. The maximum absolute atomic E-state index is 10.7. The minimum atomic E-state index is -0.424. The number of nitrogens with one attached hydrogen (secondary N) is 2. The normalized spacial score (nSPS) is 18.2. The summed E-state index contributed by atoms with van der Waals surface area (Å²) in [5, 5.41) is 14.1. The number of nitrogens with zero attached hydrogens (tertiary/aromatic N) is 2.